The predicted octanol–water partition coefficient (Wildman–Crippen LogP) is 10.0. The van der Waals surface area contributed by atoms with Gasteiger partial charge >= 0.3 is 0 Å². The molecular weight excluding hydrogens is 352 g/mol. The SMILES string of the molecule is CCCCCCCCCCCCCC(CCCCCCCCCCCC)[SiH2]C. The van der Waals surface area contributed by atoms with Crippen molar-refractivity contribution in [2.24, 2.45) is 0 Å². The average molecular weight is 411 g/mol. The second-order valence-electron chi connectivity index (χ2n) is 9.57. The van der Waals surface area contributed by atoms with E-state index in [1.807, 2.05) is 0 Å². The van der Waals surface area contributed by atoms with E-state index in [0.29, 0.717) is 0 Å². The highest BCUT2D eigenvalue weighted by molar-refractivity contribution is 6.35. The molecule has 0 aliphatic heterocycles. The zero-order chi connectivity index (χ0) is 20.5. The van der Waals surface area contributed by atoms with Gasteiger partial charge in [0.15, 0.2) is 0 Å². The Morgan fingerprint density at radius 2 is 0.643 bits per heavy atom. The molecule has 0 aromatic heterocycles. The maximum absolute atomic E-state index is 2.56. The van der Waals surface area contributed by atoms with Crippen molar-refractivity contribution in [3.63, 3.8) is 0 Å². The molecule has 0 nitrogen and oxygen atoms in total. The quantitative estimate of drug-likeness (QED) is 0.110. The van der Waals surface area contributed by atoms with Gasteiger partial charge < -0.3 is 0 Å². The highest BCUT2D eigenvalue weighted by Gasteiger charge is 2.06. The molecule has 170 valence electrons. The molecule has 0 aliphatic rings. The van der Waals surface area contributed by atoms with E-state index in [1.165, 1.54) is 135 Å². The number of rotatable bonds is 24. The molecule has 0 saturated carbocycles. The molecule has 0 amide bonds. The van der Waals surface area contributed by atoms with Crippen LogP contribution in [-0.4, -0.2) is 9.52 Å². The van der Waals surface area contributed by atoms with E-state index in [4.69, 9.17) is 0 Å². The molecule has 0 spiro atoms. The van der Waals surface area contributed by atoms with E-state index in [-0.39, 0.29) is 9.52 Å². The molecule has 28 heavy (non-hydrogen) atoms. The number of hydrogen-bond acceptors (Lipinski definition) is 0. The van der Waals surface area contributed by atoms with Gasteiger partial charge in [0.1, 0.15) is 0 Å². The van der Waals surface area contributed by atoms with Gasteiger partial charge in [0.05, 0.1) is 0 Å². The monoisotopic (exact) mass is 410 g/mol. The van der Waals surface area contributed by atoms with E-state index in [2.05, 4.69) is 20.4 Å². The van der Waals surface area contributed by atoms with Crippen LogP contribution in [0.3, 0.4) is 0 Å². The van der Waals surface area contributed by atoms with Crippen molar-refractivity contribution in [2.45, 2.75) is 174 Å². The third kappa shape index (κ3) is 22.5. The molecule has 0 aromatic carbocycles. The van der Waals surface area contributed by atoms with Crippen LogP contribution in [-0.2, 0) is 0 Å². The third-order valence-electron chi connectivity index (χ3n) is 6.76. The maximum Gasteiger partial charge on any atom is 0.0201 e. The van der Waals surface area contributed by atoms with Gasteiger partial charge in [-0.3, -0.25) is 0 Å². The standard InChI is InChI=1S/C27H58Si/c1-4-6-8-10-12-14-16-18-20-22-24-26-27(28-3)25-23-21-19-17-15-13-11-9-7-5-2/h27H,4-26,28H2,1-3H3. The van der Waals surface area contributed by atoms with Gasteiger partial charge in [0.2, 0.25) is 0 Å². The minimum absolute atomic E-state index is 0.214. The van der Waals surface area contributed by atoms with Crippen molar-refractivity contribution in [3.8, 4) is 0 Å². The lowest BCUT2D eigenvalue weighted by atomic mass is 10.0. The second-order valence-corrected chi connectivity index (χ2v) is 11.5. The van der Waals surface area contributed by atoms with Crippen molar-refractivity contribution < 1.29 is 0 Å². The highest BCUT2D eigenvalue weighted by Crippen LogP contribution is 2.23. The molecule has 0 rings (SSSR count). The van der Waals surface area contributed by atoms with E-state index < -0.39 is 0 Å². The largest absolute Gasteiger partial charge is 0.0746 e. The summed E-state index contributed by atoms with van der Waals surface area (Å²) in [7, 11) is 0.214. The van der Waals surface area contributed by atoms with Crippen LogP contribution in [0, 0.1) is 0 Å². The zero-order valence-corrected chi connectivity index (χ0v) is 22.0. The van der Waals surface area contributed by atoms with Gasteiger partial charge in [-0.15, -0.1) is 0 Å². The highest BCUT2D eigenvalue weighted by atomic mass is 28.2. The van der Waals surface area contributed by atoms with Crippen LogP contribution >= 0.6 is 0 Å². The normalized spacial score (nSPS) is 13.0. The molecule has 0 aromatic rings. The third-order valence-corrected chi connectivity index (χ3v) is 8.73. The minimum Gasteiger partial charge on any atom is -0.0746 e. The van der Waals surface area contributed by atoms with Crippen molar-refractivity contribution in [3.05, 3.63) is 0 Å². The van der Waals surface area contributed by atoms with Crippen molar-refractivity contribution in [1.82, 2.24) is 0 Å². The van der Waals surface area contributed by atoms with Crippen molar-refractivity contribution in [1.29, 1.82) is 0 Å². The lowest BCUT2D eigenvalue weighted by molar-refractivity contribution is 0.516. The topological polar surface area (TPSA) is 0 Å². The molecule has 1 atom stereocenters. The van der Waals surface area contributed by atoms with E-state index >= 15 is 0 Å². The summed E-state index contributed by atoms with van der Waals surface area (Å²) >= 11 is 0. The smallest absolute Gasteiger partial charge is 0.0201 e. The summed E-state index contributed by atoms with van der Waals surface area (Å²) in [5.74, 6) is 0. The molecule has 0 fully saturated rings. The molecule has 0 radical (unpaired) electrons. The molecule has 0 bridgehead atoms. The average Bonchev–Trinajstić information content (AvgIpc) is 2.71. The Bertz CT molecular complexity index is 263. The van der Waals surface area contributed by atoms with E-state index in [0.717, 1.165) is 5.54 Å². The van der Waals surface area contributed by atoms with Crippen molar-refractivity contribution in [2.75, 3.05) is 0 Å². The first-order valence-electron chi connectivity index (χ1n) is 13.8. The zero-order valence-electron chi connectivity index (χ0n) is 20.5. The maximum atomic E-state index is 2.56. The molecule has 0 aliphatic carbocycles. The summed E-state index contributed by atoms with van der Waals surface area (Å²) in [6, 6.07) is 0. The summed E-state index contributed by atoms with van der Waals surface area (Å²) in [6.45, 7) is 7.17. The molecule has 1 heteroatoms. The fraction of sp³-hybridized carbons (Fsp3) is 1.00. The van der Waals surface area contributed by atoms with Gasteiger partial charge in [-0.25, -0.2) is 0 Å². The fourth-order valence-electron chi connectivity index (χ4n) is 4.57. The van der Waals surface area contributed by atoms with Crippen LogP contribution < -0.4 is 0 Å². The van der Waals surface area contributed by atoms with Gasteiger partial charge in [-0.1, -0.05) is 174 Å². The Morgan fingerprint density at radius 3 is 0.893 bits per heavy atom. The van der Waals surface area contributed by atoms with Crippen LogP contribution in [0.1, 0.15) is 162 Å². The Labute approximate surface area is 183 Å². The summed E-state index contributed by atoms with van der Waals surface area (Å²) in [5.41, 5.74) is 1.16. The summed E-state index contributed by atoms with van der Waals surface area (Å²) in [6.07, 6.45) is 34.2. The first-order valence-corrected chi connectivity index (χ1v) is 16.1. The van der Waals surface area contributed by atoms with Crippen LogP contribution in [0.5, 0.6) is 0 Å². The Morgan fingerprint density at radius 1 is 0.393 bits per heavy atom. The first kappa shape index (κ1) is 28.2. The lowest BCUT2D eigenvalue weighted by Gasteiger charge is -2.14. The Balaban J connectivity index is 3.27. The van der Waals surface area contributed by atoms with Gasteiger partial charge in [0.25, 0.3) is 0 Å². The Hall–Kier alpha value is 0.217. The second kappa shape index (κ2) is 25.3. The van der Waals surface area contributed by atoms with Crippen LogP contribution in [0.4, 0.5) is 0 Å². The van der Waals surface area contributed by atoms with Gasteiger partial charge in [-0.2, -0.15) is 0 Å². The molecule has 1 unspecified atom stereocenters. The van der Waals surface area contributed by atoms with Gasteiger partial charge in [-0.05, 0) is 0 Å². The van der Waals surface area contributed by atoms with E-state index in [1.54, 1.807) is 12.8 Å². The summed E-state index contributed by atoms with van der Waals surface area (Å²) in [5, 5.41) is 0. The lowest BCUT2D eigenvalue weighted by Crippen LogP contribution is -2.00. The van der Waals surface area contributed by atoms with Gasteiger partial charge in [0, 0.05) is 9.52 Å². The molecular formula is C27H58Si. The summed E-state index contributed by atoms with van der Waals surface area (Å²) < 4.78 is 0. The minimum atomic E-state index is 0.214. The van der Waals surface area contributed by atoms with Crippen LogP contribution in [0.2, 0.25) is 12.1 Å². The summed E-state index contributed by atoms with van der Waals surface area (Å²) in [4.78, 5) is 0. The van der Waals surface area contributed by atoms with E-state index in [9.17, 15) is 0 Å². The van der Waals surface area contributed by atoms with Crippen LogP contribution in [0.15, 0.2) is 0 Å². The Kier molecular flexibility index (Phi) is 25.4. The predicted molar refractivity (Wildman–Crippen MR) is 136 cm³/mol. The first-order chi connectivity index (χ1) is 13.8. The number of unbranched alkanes of at least 4 members (excludes halogenated alkanes) is 19. The molecule has 0 saturated heterocycles. The van der Waals surface area contributed by atoms with Crippen molar-refractivity contribution >= 4 is 9.52 Å². The number of hydrogen-bond donors (Lipinski definition) is 0. The molecule has 0 N–H and O–H groups in total. The van der Waals surface area contributed by atoms with Crippen LogP contribution in [0.25, 0.3) is 0 Å². The fourth-order valence-corrected chi connectivity index (χ4v) is 5.96. The molecule has 0 heterocycles.